The molecule has 4 heteroatoms. The van der Waals surface area contributed by atoms with Crippen molar-refractivity contribution in [2.24, 2.45) is 0 Å². The molecule has 94 valence electrons. The van der Waals surface area contributed by atoms with Crippen molar-refractivity contribution < 1.29 is 14.6 Å². The summed E-state index contributed by atoms with van der Waals surface area (Å²) in [5.41, 5.74) is 1.30. The van der Waals surface area contributed by atoms with Crippen LogP contribution in [0.4, 0.5) is 0 Å². The molecule has 0 bridgehead atoms. The first-order valence-electron chi connectivity index (χ1n) is 5.88. The first-order chi connectivity index (χ1) is 8.79. The molecule has 0 radical (unpaired) electrons. The number of carbonyl (C=O) groups is 1. The highest BCUT2D eigenvalue weighted by atomic mass is 16.5. The van der Waals surface area contributed by atoms with Gasteiger partial charge in [0.25, 0.3) is 5.91 Å². The lowest BCUT2D eigenvalue weighted by Gasteiger charge is -2.10. The Morgan fingerprint density at radius 3 is 3.17 bits per heavy atom. The Hall–Kier alpha value is -1.83. The number of aliphatic hydroxyl groups excluding tert-OH is 1. The molecule has 1 unspecified atom stereocenters. The van der Waals surface area contributed by atoms with Gasteiger partial charge in [-0.05, 0) is 24.6 Å². The minimum Gasteiger partial charge on any atom is -0.384 e. The maximum Gasteiger partial charge on any atom is 0.251 e. The summed E-state index contributed by atoms with van der Waals surface area (Å²) >= 11 is 0. The summed E-state index contributed by atoms with van der Waals surface area (Å²) in [6, 6.07) is 7.15. The predicted molar refractivity (Wildman–Crippen MR) is 67.1 cm³/mol. The molecule has 1 heterocycles. The third kappa shape index (κ3) is 3.33. The zero-order valence-corrected chi connectivity index (χ0v) is 9.98. The van der Waals surface area contributed by atoms with E-state index in [1.54, 1.807) is 24.3 Å². The van der Waals surface area contributed by atoms with E-state index in [-0.39, 0.29) is 18.6 Å². The largest absolute Gasteiger partial charge is 0.384 e. The predicted octanol–water partition coefficient (Wildman–Crippen LogP) is 0.549. The second-order valence-corrected chi connectivity index (χ2v) is 4.07. The summed E-state index contributed by atoms with van der Waals surface area (Å²) in [6.45, 7) is 1.10. The fourth-order valence-electron chi connectivity index (χ4n) is 1.80. The molecule has 0 aromatic heterocycles. The fraction of sp³-hybridized carbons (Fsp3) is 0.357. The molecule has 1 fully saturated rings. The van der Waals surface area contributed by atoms with Crippen LogP contribution in [0.3, 0.4) is 0 Å². The monoisotopic (exact) mass is 245 g/mol. The van der Waals surface area contributed by atoms with Crippen molar-refractivity contribution in [2.45, 2.75) is 12.5 Å². The minimum atomic E-state index is -0.185. The molecule has 1 amide bonds. The number of nitrogens with one attached hydrogen (secondary N) is 1. The average Bonchev–Trinajstić information content (AvgIpc) is 2.89. The molecule has 1 saturated heterocycles. The summed E-state index contributed by atoms with van der Waals surface area (Å²) in [7, 11) is 0. The van der Waals surface area contributed by atoms with Gasteiger partial charge in [0.1, 0.15) is 6.61 Å². The normalized spacial score (nSPS) is 17.9. The van der Waals surface area contributed by atoms with Crippen molar-refractivity contribution in [3.8, 4) is 11.8 Å². The Kier molecular flexibility index (Phi) is 4.35. The van der Waals surface area contributed by atoms with Gasteiger partial charge in [-0.15, -0.1) is 0 Å². The van der Waals surface area contributed by atoms with Crippen LogP contribution in [0, 0.1) is 11.8 Å². The molecule has 1 aliphatic heterocycles. The summed E-state index contributed by atoms with van der Waals surface area (Å²) in [4.78, 5) is 12.0. The molecule has 18 heavy (non-hydrogen) atoms. The second kappa shape index (κ2) is 6.20. The summed E-state index contributed by atoms with van der Waals surface area (Å²) in [5.74, 6) is 5.22. The Labute approximate surface area is 106 Å². The lowest BCUT2D eigenvalue weighted by atomic mass is 10.1. The van der Waals surface area contributed by atoms with Crippen molar-refractivity contribution in [1.82, 2.24) is 5.32 Å². The van der Waals surface area contributed by atoms with Crippen LogP contribution in [-0.4, -0.2) is 36.9 Å². The number of hydrogen-bond donors (Lipinski definition) is 2. The Balaban J connectivity index is 2.05. The van der Waals surface area contributed by atoms with Gasteiger partial charge in [-0.2, -0.15) is 0 Å². The lowest BCUT2D eigenvalue weighted by molar-refractivity contribution is 0.0930. The van der Waals surface area contributed by atoms with Crippen LogP contribution in [0.25, 0.3) is 0 Å². The average molecular weight is 245 g/mol. The fourth-order valence-corrected chi connectivity index (χ4v) is 1.80. The number of rotatable bonds is 2. The minimum absolute atomic E-state index is 0.102. The van der Waals surface area contributed by atoms with Crippen molar-refractivity contribution in [3.63, 3.8) is 0 Å². The third-order valence-corrected chi connectivity index (χ3v) is 2.70. The smallest absolute Gasteiger partial charge is 0.251 e. The van der Waals surface area contributed by atoms with E-state index in [0.717, 1.165) is 12.0 Å². The van der Waals surface area contributed by atoms with Crippen LogP contribution >= 0.6 is 0 Å². The van der Waals surface area contributed by atoms with E-state index < -0.39 is 0 Å². The van der Waals surface area contributed by atoms with E-state index in [4.69, 9.17) is 9.84 Å². The van der Waals surface area contributed by atoms with Gasteiger partial charge < -0.3 is 15.2 Å². The van der Waals surface area contributed by atoms with Crippen molar-refractivity contribution in [2.75, 3.05) is 19.8 Å². The lowest BCUT2D eigenvalue weighted by Crippen LogP contribution is -2.34. The topological polar surface area (TPSA) is 58.6 Å². The number of carbonyl (C=O) groups excluding carboxylic acids is 1. The second-order valence-electron chi connectivity index (χ2n) is 4.07. The molecule has 2 N–H and O–H groups in total. The van der Waals surface area contributed by atoms with Crippen molar-refractivity contribution in [1.29, 1.82) is 0 Å². The van der Waals surface area contributed by atoms with E-state index in [9.17, 15) is 4.79 Å². The van der Waals surface area contributed by atoms with Gasteiger partial charge in [0, 0.05) is 17.7 Å². The quantitative estimate of drug-likeness (QED) is 0.748. The number of ether oxygens (including phenoxy) is 1. The highest BCUT2D eigenvalue weighted by molar-refractivity contribution is 5.94. The molecule has 0 saturated carbocycles. The number of aliphatic hydroxyl groups is 1. The van der Waals surface area contributed by atoms with Crippen LogP contribution in [-0.2, 0) is 4.74 Å². The Morgan fingerprint density at radius 1 is 1.56 bits per heavy atom. The summed E-state index contributed by atoms with van der Waals surface area (Å²) in [5, 5.41) is 11.5. The molecular formula is C14H15NO3. The van der Waals surface area contributed by atoms with Gasteiger partial charge in [0.15, 0.2) is 0 Å². The SMILES string of the molecule is O=C(NC1CCOC1)c1cccc(C#CCO)c1. The molecule has 1 aromatic carbocycles. The molecule has 1 aliphatic rings. The van der Waals surface area contributed by atoms with Crippen molar-refractivity contribution in [3.05, 3.63) is 35.4 Å². The Bertz CT molecular complexity index is 481. The van der Waals surface area contributed by atoms with E-state index in [2.05, 4.69) is 17.2 Å². The molecular weight excluding hydrogens is 230 g/mol. The summed E-state index contributed by atoms with van der Waals surface area (Å²) in [6.07, 6.45) is 0.857. The summed E-state index contributed by atoms with van der Waals surface area (Å²) < 4.78 is 5.21. The molecule has 0 spiro atoms. The molecule has 2 rings (SSSR count). The van der Waals surface area contributed by atoms with Gasteiger partial charge in [0.05, 0.1) is 12.6 Å². The van der Waals surface area contributed by atoms with E-state index >= 15 is 0 Å². The van der Waals surface area contributed by atoms with Gasteiger partial charge in [0.2, 0.25) is 0 Å². The maximum absolute atomic E-state index is 12.0. The first kappa shape index (κ1) is 12.6. The van der Waals surface area contributed by atoms with E-state index in [1.165, 1.54) is 0 Å². The number of hydrogen-bond acceptors (Lipinski definition) is 3. The zero-order chi connectivity index (χ0) is 12.8. The van der Waals surface area contributed by atoms with Gasteiger partial charge >= 0.3 is 0 Å². The highest BCUT2D eigenvalue weighted by Gasteiger charge is 2.18. The molecule has 1 aromatic rings. The number of amides is 1. The van der Waals surface area contributed by atoms with Gasteiger partial charge in [-0.25, -0.2) is 0 Å². The third-order valence-electron chi connectivity index (χ3n) is 2.70. The highest BCUT2D eigenvalue weighted by Crippen LogP contribution is 2.07. The number of benzene rings is 1. The maximum atomic E-state index is 12.0. The zero-order valence-electron chi connectivity index (χ0n) is 9.98. The van der Waals surface area contributed by atoms with Gasteiger partial charge in [-0.1, -0.05) is 17.9 Å². The standard InChI is InChI=1S/C14H15NO3/c16-7-2-4-11-3-1-5-12(9-11)14(17)15-13-6-8-18-10-13/h1,3,5,9,13,16H,6-8,10H2,(H,15,17). The Morgan fingerprint density at radius 2 is 2.44 bits per heavy atom. The van der Waals surface area contributed by atoms with Crippen LogP contribution < -0.4 is 5.32 Å². The van der Waals surface area contributed by atoms with Gasteiger partial charge in [-0.3, -0.25) is 4.79 Å². The van der Waals surface area contributed by atoms with Crippen LogP contribution in [0.1, 0.15) is 22.3 Å². The van der Waals surface area contributed by atoms with E-state index in [1.807, 2.05) is 0 Å². The molecule has 4 nitrogen and oxygen atoms in total. The molecule has 1 atom stereocenters. The van der Waals surface area contributed by atoms with Crippen LogP contribution in [0.15, 0.2) is 24.3 Å². The van der Waals surface area contributed by atoms with Crippen LogP contribution in [0.5, 0.6) is 0 Å². The molecule has 0 aliphatic carbocycles. The first-order valence-corrected chi connectivity index (χ1v) is 5.88. The van der Waals surface area contributed by atoms with Crippen LogP contribution in [0.2, 0.25) is 0 Å². The van der Waals surface area contributed by atoms with E-state index in [0.29, 0.717) is 18.8 Å². The van der Waals surface area contributed by atoms with Crippen molar-refractivity contribution >= 4 is 5.91 Å².